The number of morpholine rings is 1. The molecule has 4 aliphatic heterocycles. The van der Waals surface area contributed by atoms with Crippen molar-refractivity contribution >= 4 is 59.0 Å². The Morgan fingerprint density at radius 1 is 0.907 bits per heavy atom. The highest BCUT2D eigenvalue weighted by Gasteiger charge is 2.50. The SMILES string of the molecule is O=C1Oc2c(cc3c4c2CCCN4CCC3)[P@](=Nc2ccccc2C(F)(F)F)(N2CCOCC2)N1c1ccc(Cl)c(Cl)c1. The number of aryl methyl sites for hydroxylation is 1. The van der Waals surface area contributed by atoms with Crippen LogP contribution in [-0.2, 0) is 23.8 Å². The Morgan fingerprint density at radius 2 is 1.65 bits per heavy atom. The summed E-state index contributed by atoms with van der Waals surface area (Å²) in [5, 5.41) is 1.11. The number of hydrogen-bond acceptors (Lipinski definition) is 5. The van der Waals surface area contributed by atoms with Crippen LogP contribution in [0.3, 0.4) is 0 Å². The van der Waals surface area contributed by atoms with Gasteiger partial charge in [0.15, 0.2) is 7.36 Å². The number of alkyl halides is 3. The Balaban J connectivity index is 1.62. The van der Waals surface area contributed by atoms with Crippen molar-refractivity contribution < 1.29 is 27.4 Å². The summed E-state index contributed by atoms with van der Waals surface area (Å²) in [5.41, 5.74) is 2.34. The number of nitrogens with zero attached hydrogens (tertiary/aromatic N) is 4. The smallest absolute Gasteiger partial charge is 0.408 e. The van der Waals surface area contributed by atoms with Gasteiger partial charge in [0.2, 0.25) is 0 Å². The maximum absolute atomic E-state index is 14.4. The van der Waals surface area contributed by atoms with Crippen molar-refractivity contribution in [3.63, 3.8) is 0 Å². The minimum atomic E-state index is -4.66. The van der Waals surface area contributed by atoms with Crippen molar-refractivity contribution in [1.29, 1.82) is 0 Å². The van der Waals surface area contributed by atoms with Crippen LogP contribution in [0.1, 0.15) is 29.5 Å². The van der Waals surface area contributed by atoms with Crippen LogP contribution < -0.4 is 19.6 Å². The molecule has 0 unspecified atom stereocenters. The van der Waals surface area contributed by atoms with Gasteiger partial charge in [-0.25, -0.2) is 18.9 Å². The highest BCUT2D eigenvalue weighted by Crippen LogP contribution is 2.65. The van der Waals surface area contributed by atoms with Gasteiger partial charge in [0, 0.05) is 37.4 Å². The van der Waals surface area contributed by atoms with Gasteiger partial charge in [0.05, 0.1) is 45.5 Å². The Bertz CT molecular complexity index is 1680. The van der Waals surface area contributed by atoms with E-state index in [0.717, 1.165) is 55.2 Å². The van der Waals surface area contributed by atoms with E-state index in [1.807, 2.05) is 10.7 Å². The summed E-state index contributed by atoms with van der Waals surface area (Å²) in [6.45, 7) is 3.21. The Hall–Kier alpha value is -2.75. The van der Waals surface area contributed by atoms with E-state index >= 15 is 0 Å². The van der Waals surface area contributed by atoms with Crippen molar-refractivity contribution in [2.75, 3.05) is 49.0 Å². The first kappa shape index (κ1) is 29.0. The molecule has 0 radical (unpaired) electrons. The van der Waals surface area contributed by atoms with Crippen LogP contribution >= 0.6 is 30.6 Å². The van der Waals surface area contributed by atoms with Gasteiger partial charge in [0.25, 0.3) is 0 Å². The van der Waals surface area contributed by atoms with Gasteiger partial charge < -0.3 is 14.4 Å². The molecule has 0 aromatic heterocycles. The minimum Gasteiger partial charge on any atom is -0.408 e. The molecule has 0 bridgehead atoms. The van der Waals surface area contributed by atoms with Crippen molar-refractivity contribution in [2.24, 2.45) is 4.74 Å². The Morgan fingerprint density at radius 3 is 2.40 bits per heavy atom. The van der Waals surface area contributed by atoms with Crippen molar-refractivity contribution in [1.82, 2.24) is 4.67 Å². The zero-order valence-corrected chi connectivity index (χ0v) is 25.4. The molecule has 1 fully saturated rings. The molecule has 1 atom stereocenters. The highest BCUT2D eigenvalue weighted by atomic mass is 35.5. The monoisotopic (exact) mass is 650 g/mol. The molecule has 4 heterocycles. The van der Waals surface area contributed by atoms with Gasteiger partial charge in [-0.15, -0.1) is 0 Å². The molecule has 7 nitrogen and oxygen atoms in total. The van der Waals surface area contributed by atoms with E-state index in [4.69, 9.17) is 37.4 Å². The molecule has 4 aliphatic rings. The number of carbonyl (C=O) groups excluding carboxylic acids is 1. The number of fused-ring (bicyclic) bond motifs is 2. The number of amides is 1. The van der Waals surface area contributed by atoms with Gasteiger partial charge in [-0.05, 0) is 67.6 Å². The molecule has 3 aromatic rings. The third-order valence-electron chi connectivity index (χ3n) is 8.40. The molecule has 0 aliphatic carbocycles. The van der Waals surface area contributed by atoms with Gasteiger partial charge in [0.1, 0.15) is 5.75 Å². The van der Waals surface area contributed by atoms with Crippen molar-refractivity contribution in [2.45, 2.75) is 31.9 Å². The molecule has 43 heavy (non-hydrogen) atoms. The van der Waals surface area contributed by atoms with Crippen LogP contribution in [0.15, 0.2) is 53.3 Å². The third kappa shape index (κ3) is 4.82. The van der Waals surface area contributed by atoms with Crippen LogP contribution in [0, 0.1) is 0 Å². The fraction of sp³-hybridized carbons (Fsp3) is 0.367. The lowest BCUT2D eigenvalue weighted by Gasteiger charge is -2.49. The van der Waals surface area contributed by atoms with Crippen LogP contribution in [0.5, 0.6) is 5.75 Å². The number of rotatable bonds is 3. The molecule has 0 spiro atoms. The number of halogens is 5. The molecule has 3 aromatic carbocycles. The van der Waals surface area contributed by atoms with Gasteiger partial charge >= 0.3 is 12.3 Å². The topological polar surface area (TPSA) is 57.6 Å². The summed E-state index contributed by atoms with van der Waals surface area (Å²) in [5.74, 6) is 0.416. The van der Waals surface area contributed by atoms with Crippen LogP contribution in [-0.4, -0.2) is 50.2 Å². The molecule has 13 heteroatoms. The summed E-state index contributed by atoms with van der Waals surface area (Å²) in [6, 6.07) is 12.0. The van der Waals surface area contributed by atoms with Crippen LogP contribution in [0.4, 0.5) is 35.0 Å². The van der Waals surface area contributed by atoms with Crippen molar-refractivity contribution in [3.8, 4) is 5.75 Å². The van der Waals surface area contributed by atoms with E-state index < -0.39 is 25.2 Å². The first-order valence-electron chi connectivity index (χ1n) is 14.2. The average Bonchev–Trinajstić information content (AvgIpc) is 3.00. The molecule has 0 saturated carbocycles. The quantitative estimate of drug-likeness (QED) is 0.269. The highest BCUT2D eigenvalue weighted by molar-refractivity contribution is 7.74. The number of anilines is 2. The zero-order chi connectivity index (χ0) is 29.9. The van der Waals surface area contributed by atoms with E-state index in [-0.39, 0.29) is 15.7 Å². The normalized spacial score (nSPS) is 22.1. The van der Waals surface area contributed by atoms with Crippen LogP contribution in [0.2, 0.25) is 10.0 Å². The van der Waals surface area contributed by atoms with Crippen molar-refractivity contribution in [3.05, 3.63) is 75.3 Å². The summed E-state index contributed by atoms with van der Waals surface area (Å²) in [7, 11) is -3.56. The molecule has 1 saturated heterocycles. The predicted molar refractivity (Wildman–Crippen MR) is 163 cm³/mol. The molecular weight excluding hydrogens is 623 g/mol. The maximum Gasteiger partial charge on any atom is 0.425 e. The molecule has 1 amide bonds. The van der Waals surface area contributed by atoms with Crippen LogP contribution in [0.25, 0.3) is 0 Å². The lowest BCUT2D eigenvalue weighted by molar-refractivity contribution is -0.137. The number of carbonyl (C=O) groups is 1. The summed E-state index contributed by atoms with van der Waals surface area (Å²) >= 11 is 12.7. The fourth-order valence-electron chi connectivity index (χ4n) is 6.61. The largest absolute Gasteiger partial charge is 0.425 e. The summed E-state index contributed by atoms with van der Waals surface area (Å²) in [4.78, 5) is 16.7. The van der Waals surface area contributed by atoms with E-state index in [9.17, 15) is 18.0 Å². The fourth-order valence-corrected chi connectivity index (χ4v) is 10.7. The zero-order valence-electron chi connectivity index (χ0n) is 23.0. The molecule has 226 valence electrons. The van der Waals surface area contributed by atoms with Gasteiger partial charge in [-0.2, -0.15) is 13.2 Å². The second-order valence-corrected chi connectivity index (χ2v) is 14.5. The first-order valence-corrected chi connectivity index (χ1v) is 16.6. The van der Waals surface area contributed by atoms with E-state index in [2.05, 4.69) is 4.90 Å². The van der Waals surface area contributed by atoms with Gasteiger partial charge in [-0.3, -0.25) is 0 Å². The number of ether oxygens (including phenoxy) is 2. The minimum absolute atomic E-state index is 0.199. The van der Waals surface area contributed by atoms with Gasteiger partial charge in [-0.1, -0.05) is 35.3 Å². The maximum atomic E-state index is 14.4. The summed E-state index contributed by atoms with van der Waals surface area (Å²) in [6.07, 6.45) is -2.03. The second-order valence-electron chi connectivity index (χ2n) is 10.9. The van der Waals surface area contributed by atoms with E-state index in [0.29, 0.717) is 49.5 Å². The molecular formula is C30H28Cl2F3N4O3P. The lowest BCUT2D eigenvalue weighted by Crippen LogP contribution is -2.50. The molecule has 7 rings (SSSR count). The Labute approximate surface area is 257 Å². The second kappa shape index (κ2) is 11.0. The number of benzene rings is 3. The lowest BCUT2D eigenvalue weighted by atomic mass is 9.91. The van der Waals surface area contributed by atoms with E-state index in [1.165, 1.54) is 22.9 Å². The molecule has 0 N–H and O–H groups in total. The number of hydrogen-bond donors (Lipinski definition) is 0. The summed E-state index contributed by atoms with van der Waals surface area (Å²) < 4.78 is 63.7. The predicted octanol–water partition coefficient (Wildman–Crippen LogP) is 8.05. The standard InChI is InChI=1S/C30H28Cl2F3N4O3P/c31-23-10-9-20(18-24(23)32)39-29(40)42-28-21-6-4-12-37-11-3-5-19(27(21)37)17-26(28)43(39,38-13-15-41-16-14-38)36-25-8-2-1-7-22(25)30(33,34)35/h1-2,7-10,17-18H,3-6,11-16H2/t43-/m0/s1. The average molecular weight is 651 g/mol. The Kier molecular flexibility index (Phi) is 7.42. The first-order chi connectivity index (χ1) is 20.7. The van der Waals surface area contributed by atoms with E-state index in [1.54, 1.807) is 18.2 Å². The third-order valence-corrected chi connectivity index (χ3v) is 12.8.